The first-order valence-electron chi connectivity index (χ1n) is 4.74. The summed E-state index contributed by atoms with van der Waals surface area (Å²) in [5, 5.41) is 9.69. The van der Waals surface area contributed by atoms with E-state index < -0.39 is 23.9 Å². The number of benzene rings is 1. The Hall–Kier alpha value is -1.07. The number of aliphatic hydroxyl groups is 1. The molecule has 5 heteroatoms. The molecule has 0 saturated heterocycles. The lowest BCUT2D eigenvalue weighted by Gasteiger charge is -2.18. The van der Waals surface area contributed by atoms with E-state index in [0.717, 1.165) is 12.1 Å². The van der Waals surface area contributed by atoms with Crippen molar-refractivity contribution in [2.24, 2.45) is 0 Å². The van der Waals surface area contributed by atoms with Crippen molar-refractivity contribution in [3.63, 3.8) is 0 Å². The molecule has 0 bridgehead atoms. The first-order chi connectivity index (χ1) is 7.36. The summed E-state index contributed by atoms with van der Waals surface area (Å²) in [6, 6.07) is 4.60. The zero-order chi connectivity index (χ0) is 12.3. The number of hydrogen-bond acceptors (Lipinski definition) is 2. The normalized spacial score (nSPS) is 15.9. The molecule has 0 aromatic heterocycles. The molecule has 1 rings (SSSR count). The minimum atomic E-state index is -4.40. The third kappa shape index (κ3) is 2.96. The zero-order valence-corrected chi connectivity index (χ0v) is 8.95. The van der Waals surface area contributed by atoms with Gasteiger partial charge in [-0.3, -0.25) is 0 Å². The van der Waals surface area contributed by atoms with Crippen LogP contribution in [0, 0.1) is 0 Å². The van der Waals surface area contributed by atoms with E-state index in [2.05, 4.69) is 0 Å². The van der Waals surface area contributed by atoms with Crippen LogP contribution in [0.1, 0.15) is 24.2 Å². The predicted molar refractivity (Wildman–Crippen MR) is 52.9 cm³/mol. The number of halogens is 3. The average Bonchev–Trinajstić information content (AvgIpc) is 2.26. The standard InChI is InChI=1S/C11H13F3O2/c1-7(16-2)10(15)8-4-3-5-9(6-8)11(12,13)14/h3-7,10,15H,1-2H3. The molecule has 2 nitrogen and oxygen atoms in total. The van der Waals surface area contributed by atoms with E-state index >= 15 is 0 Å². The molecule has 0 aliphatic heterocycles. The first kappa shape index (κ1) is 13.0. The molecule has 1 N–H and O–H groups in total. The molecule has 0 aliphatic carbocycles. The Labute approximate surface area is 91.7 Å². The Kier molecular flexibility index (Phi) is 3.93. The Bertz CT molecular complexity index is 349. The van der Waals surface area contributed by atoms with Crippen molar-refractivity contribution in [3.8, 4) is 0 Å². The van der Waals surface area contributed by atoms with Crippen LogP contribution in [0.2, 0.25) is 0 Å². The van der Waals surface area contributed by atoms with Crippen LogP contribution in [0.5, 0.6) is 0 Å². The lowest BCUT2D eigenvalue weighted by atomic mass is 10.0. The Morgan fingerprint density at radius 3 is 2.44 bits per heavy atom. The highest BCUT2D eigenvalue weighted by atomic mass is 19.4. The second kappa shape index (κ2) is 4.84. The minimum absolute atomic E-state index is 0.198. The molecule has 0 fully saturated rings. The van der Waals surface area contributed by atoms with Crippen molar-refractivity contribution < 1.29 is 23.0 Å². The third-order valence-electron chi connectivity index (χ3n) is 2.37. The van der Waals surface area contributed by atoms with Crippen molar-refractivity contribution in [1.82, 2.24) is 0 Å². The van der Waals surface area contributed by atoms with Gasteiger partial charge in [-0.2, -0.15) is 13.2 Å². The van der Waals surface area contributed by atoms with E-state index in [4.69, 9.17) is 4.74 Å². The van der Waals surface area contributed by atoms with E-state index in [0.29, 0.717) is 0 Å². The summed E-state index contributed by atoms with van der Waals surface area (Å²) >= 11 is 0. The summed E-state index contributed by atoms with van der Waals surface area (Å²) in [5.74, 6) is 0. The minimum Gasteiger partial charge on any atom is -0.386 e. The van der Waals surface area contributed by atoms with Gasteiger partial charge < -0.3 is 9.84 Å². The predicted octanol–water partition coefficient (Wildman–Crippen LogP) is 2.77. The molecule has 2 unspecified atom stereocenters. The largest absolute Gasteiger partial charge is 0.416 e. The molecule has 2 atom stereocenters. The quantitative estimate of drug-likeness (QED) is 0.871. The van der Waals surface area contributed by atoms with Crippen LogP contribution in [0.15, 0.2) is 24.3 Å². The van der Waals surface area contributed by atoms with Crippen LogP contribution in [0.25, 0.3) is 0 Å². The van der Waals surface area contributed by atoms with E-state index in [1.807, 2.05) is 0 Å². The summed E-state index contributed by atoms with van der Waals surface area (Å²) < 4.78 is 42.1. The maximum Gasteiger partial charge on any atom is 0.416 e. The number of rotatable bonds is 3. The van der Waals surface area contributed by atoms with Gasteiger partial charge in [0.1, 0.15) is 6.10 Å². The molecule has 1 aromatic carbocycles. The van der Waals surface area contributed by atoms with Gasteiger partial charge in [0.15, 0.2) is 0 Å². The fourth-order valence-electron chi connectivity index (χ4n) is 1.30. The maximum atomic E-state index is 12.4. The highest BCUT2D eigenvalue weighted by molar-refractivity contribution is 5.27. The van der Waals surface area contributed by atoms with Crippen molar-refractivity contribution in [1.29, 1.82) is 0 Å². The number of ether oxygens (including phenoxy) is 1. The molecular formula is C11H13F3O2. The molecule has 0 heterocycles. The van der Waals surface area contributed by atoms with Crippen molar-refractivity contribution in [2.75, 3.05) is 7.11 Å². The number of alkyl halides is 3. The number of methoxy groups -OCH3 is 1. The lowest BCUT2D eigenvalue weighted by Crippen LogP contribution is -2.17. The molecule has 0 spiro atoms. The van der Waals surface area contributed by atoms with Crippen LogP contribution in [-0.4, -0.2) is 18.3 Å². The fraction of sp³-hybridized carbons (Fsp3) is 0.455. The second-order valence-electron chi connectivity index (χ2n) is 3.51. The molecule has 1 aromatic rings. The highest BCUT2D eigenvalue weighted by Gasteiger charge is 2.31. The van der Waals surface area contributed by atoms with E-state index in [9.17, 15) is 18.3 Å². The topological polar surface area (TPSA) is 29.5 Å². The van der Waals surface area contributed by atoms with Gasteiger partial charge in [0.2, 0.25) is 0 Å². The first-order valence-corrected chi connectivity index (χ1v) is 4.74. The number of hydrogen-bond donors (Lipinski definition) is 1. The van der Waals surface area contributed by atoms with Gasteiger partial charge in [0.25, 0.3) is 0 Å². The van der Waals surface area contributed by atoms with Crippen molar-refractivity contribution >= 4 is 0 Å². The van der Waals surface area contributed by atoms with Gasteiger partial charge in [-0.1, -0.05) is 12.1 Å². The summed E-state index contributed by atoms with van der Waals surface area (Å²) in [5.41, 5.74) is -0.573. The Balaban J connectivity index is 2.99. The van der Waals surface area contributed by atoms with Gasteiger partial charge in [-0.25, -0.2) is 0 Å². The Morgan fingerprint density at radius 1 is 1.31 bits per heavy atom. The summed E-state index contributed by atoms with van der Waals surface area (Å²) in [6.45, 7) is 1.59. The van der Waals surface area contributed by atoms with Gasteiger partial charge in [0.05, 0.1) is 11.7 Å². The summed E-state index contributed by atoms with van der Waals surface area (Å²) in [7, 11) is 1.39. The van der Waals surface area contributed by atoms with E-state index in [-0.39, 0.29) is 5.56 Å². The maximum absolute atomic E-state index is 12.4. The molecule has 0 amide bonds. The molecule has 0 radical (unpaired) electrons. The molecule has 0 saturated carbocycles. The van der Waals surface area contributed by atoms with Crippen molar-refractivity contribution in [2.45, 2.75) is 25.3 Å². The van der Waals surface area contributed by atoms with Crippen LogP contribution in [0.3, 0.4) is 0 Å². The van der Waals surface area contributed by atoms with E-state index in [1.165, 1.54) is 19.2 Å². The monoisotopic (exact) mass is 234 g/mol. The molecule has 0 aliphatic rings. The van der Waals surface area contributed by atoms with Crippen LogP contribution >= 0.6 is 0 Å². The summed E-state index contributed by atoms with van der Waals surface area (Å²) in [6.07, 6.45) is -6.01. The van der Waals surface area contributed by atoms with Gasteiger partial charge in [-0.05, 0) is 24.6 Å². The SMILES string of the molecule is COC(C)C(O)c1cccc(C(F)(F)F)c1. The second-order valence-corrected chi connectivity index (χ2v) is 3.51. The van der Waals surface area contributed by atoms with Gasteiger partial charge >= 0.3 is 6.18 Å². The Morgan fingerprint density at radius 2 is 1.94 bits per heavy atom. The highest BCUT2D eigenvalue weighted by Crippen LogP contribution is 2.31. The average molecular weight is 234 g/mol. The van der Waals surface area contributed by atoms with Crippen molar-refractivity contribution in [3.05, 3.63) is 35.4 Å². The van der Waals surface area contributed by atoms with Crippen LogP contribution in [-0.2, 0) is 10.9 Å². The van der Waals surface area contributed by atoms with E-state index in [1.54, 1.807) is 6.92 Å². The third-order valence-corrected chi connectivity index (χ3v) is 2.37. The fourth-order valence-corrected chi connectivity index (χ4v) is 1.30. The lowest BCUT2D eigenvalue weighted by molar-refractivity contribution is -0.137. The summed E-state index contributed by atoms with van der Waals surface area (Å²) in [4.78, 5) is 0. The van der Waals surface area contributed by atoms with Crippen LogP contribution < -0.4 is 0 Å². The smallest absolute Gasteiger partial charge is 0.386 e. The molecular weight excluding hydrogens is 221 g/mol. The zero-order valence-electron chi connectivity index (χ0n) is 8.95. The molecule has 90 valence electrons. The van der Waals surface area contributed by atoms with Crippen LogP contribution in [0.4, 0.5) is 13.2 Å². The number of aliphatic hydroxyl groups excluding tert-OH is 1. The van der Waals surface area contributed by atoms with Gasteiger partial charge in [0, 0.05) is 7.11 Å². The van der Waals surface area contributed by atoms with Gasteiger partial charge in [-0.15, -0.1) is 0 Å². The molecule has 16 heavy (non-hydrogen) atoms.